The normalized spacial score (nSPS) is 12.7. The molecule has 1 amide bonds. The van der Waals surface area contributed by atoms with Crippen molar-refractivity contribution in [2.45, 2.75) is 31.2 Å². The number of carbonyl (C=O) groups excluding carboxylic acids is 1. The van der Waals surface area contributed by atoms with Crippen molar-refractivity contribution in [3.63, 3.8) is 0 Å². The Labute approximate surface area is 137 Å². The first-order valence-electron chi connectivity index (χ1n) is 7.40. The maximum Gasteiger partial charge on any atom is 0.224 e. The predicted octanol–water partition coefficient (Wildman–Crippen LogP) is 2.82. The van der Waals surface area contributed by atoms with Gasteiger partial charge in [0.15, 0.2) is 9.84 Å². The molecule has 2 rings (SSSR count). The first-order chi connectivity index (χ1) is 10.8. The highest BCUT2D eigenvalue weighted by Gasteiger charge is 2.12. The molecule has 2 aromatic carbocycles. The number of benzene rings is 2. The second-order valence-electron chi connectivity index (χ2n) is 5.79. The van der Waals surface area contributed by atoms with Gasteiger partial charge in [-0.3, -0.25) is 4.79 Å². The fourth-order valence-electron chi connectivity index (χ4n) is 2.27. The van der Waals surface area contributed by atoms with Crippen LogP contribution in [0.3, 0.4) is 0 Å². The van der Waals surface area contributed by atoms with Crippen LogP contribution in [0.1, 0.15) is 29.7 Å². The zero-order valence-corrected chi connectivity index (χ0v) is 14.4. The fraction of sp³-hybridized carbons (Fsp3) is 0.278. The fourth-order valence-corrected chi connectivity index (χ4v) is 2.90. The highest BCUT2D eigenvalue weighted by atomic mass is 32.2. The maximum absolute atomic E-state index is 12.1. The molecule has 0 heterocycles. The molecule has 23 heavy (non-hydrogen) atoms. The number of amides is 1. The quantitative estimate of drug-likeness (QED) is 0.916. The molecule has 0 unspecified atom stereocenters. The topological polar surface area (TPSA) is 63.2 Å². The van der Waals surface area contributed by atoms with E-state index in [0.717, 1.165) is 16.7 Å². The lowest BCUT2D eigenvalue weighted by molar-refractivity contribution is -0.121. The number of rotatable bonds is 5. The molecule has 0 aliphatic heterocycles. The summed E-state index contributed by atoms with van der Waals surface area (Å²) in [5.41, 5.74) is 3.00. The van der Waals surface area contributed by atoms with Gasteiger partial charge in [-0.2, -0.15) is 0 Å². The third-order valence-corrected chi connectivity index (χ3v) is 4.80. The van der Waals surface area contributed by atoms with Gasteiger partial charge in [0.05, 0.1) is 17.4 Å². The number of sulfone groups is 1. The summed E-state index contributed by atoms with van der Waals surface area (Å²) in [6.07, 6.45) is 1.50. The van der Waals surface area contributed by atoms with Gasteiger partial charge in [-0.1, -0.05) is 42.0 Å². The van der Waals surface area contributed by atoms with E-state index in [9.17, 15) is 13.2 Å². The van der Waals surface area contributed by atoms with Crippen LogP contribution in [0.5, 0.6) is 0 Å². The van der Waals surface area contributed by atoms with Gasteiger partial charge in [-0.25, -0.2) is 8.42 Å². The van der Waals surface area contributed by atoms with Crippen LogP contribution in [0.25, 0.3) is 0 Å². The highest BCUT2D eigenvalue weighted by molar-refractivity contribution is 7.90. The van der Waals surface area contributed by atoms with Crippen molar-refractivity contribution in [1.29, 1.82) is 0 Å². The van der Waals surface area contributed by atoms with Crippen LogP contribution in [0.15, 0.2) is 53.4 Å². The Morgan fingerprint density at radius 3 is 2.13 bits per heavy atom. The van der Waals surface area contributed by atoms with E-state index in [1.807, 2.05) is 38.1 Å². The van der Waals surface area contributed by atoms with E-state index in [-0.39, 0.29) is 16.8 Å². The zero-order chi connectivity index (χ0) is 17.0. The molecule has 2 aromatic rings. The van der Waals surface area contributed by atoms with Crippen molar-refractivity contribution >= 4 is 15.7 Å². The first-order valence-corrected chi connectivity index (χ1v) is 9.30. The molecule has 0 saturated carbocycles. The van der Waals surface area contributed by atoms with Crippen LogP contribution in [-0.2, 0) is 21.1 Å². The second kappa shape index (κ2) is 6.96. The Morgan fingerprint density at radius 1 is 1.04 bits per heavy atom. The van der Waals surface area contributed by atoms with E-state index in [1.165, 1.54) is 6.26 Å². The van der Waals surface area contributed by atoms with Crippen molar-refractivity contribution in [2.24, 2.45) is 0 Å². The standard InChI is InChI=1S/C18H21NO3S/c1-13-4-6-15(7-5-13)12-18(20)19-14(2)16-8-10-17(11-9-16)23(3,21)22/h4-11,14H,12H2,1-3H3,(H,19,20)/t14-/m1/s1. The lowest BCUT2D eigenvalue weighted by atomic mass is 10.1. The Hall–Kier alpha value is -2.14. The van der Waals surface area contributed by atoms with Gasteiger partial charge in [0.1, 0.15) is 0 Å². The van der Waals surface area contributed by atoms with Crippen LogP contribution in [0.2, 0.25) is 0 Å². The first kappa shape index (κ1) is 17.2. The van der Waals surface area contributed by atoms with E-state index < -0.39 is 9.84 Å². The summed E-state index contributed by atoms with van der Waals surface area (Å²) < 4.78 is 22.9. The number of hydrogen-bond acceptors (Lipinski definition) is 3. The minimum absolute atomic E-state index is 0.0615. The molecule has 5 heteroatoms. The lowest BCUT2D eigenvalue weighted by Crippen LogP contribution is -2.28. The maximum atomic E-state index is 12.1. The molecule has 0 fully saturated rings. The molecular weight excluding hydrogens is 310 g/mol. The van der Waals surface area contributed by atoms with Crippen molar-refractivity contribution < 1.29 is 13.2 Å². The second-order valence-corrected chi connectivity index (χ2v) is 7.81. The SMILES string of the molecule is Cc1ccc(CC(=O)N[C@H](C)c2ccc(S(C)(=O)=O)cc2)cc1. The van der Waals surface area contributed by atoms with Gasteiger partial charge < -0.3 is 5.32 Å². The lowest BCUT2D eigenvalue weighted by Gasteiger charge is -2.15. The largest absolute Gasteiger partial charge is 0.349 e. The molecule has 0 aromatic heterocycles. The van der Waals surface area contributed by atoms with Crippen LogP contribution < -0.4 is 5.32 Å². The number of hydrogen-bond donors (Lipinski definition) is 1. The summed E-state index contributed by atoms with van der Waals surface area (Å²) >= 11 is 0. The molecule has 4 nitrogen and oxygen atoms in total. The monoisotopic (exact) mass is 331 g/mol. The average Bonchev–Trinajstić information content (AvgIpc) is 2.49. The molecule has 1 atom stereocenters. The molecule has 0 spiro atoms. The van der Waals surface area contributed by atoms with E-state index in [4.69, 9.17) is 0 Å². The zero-order valence-electron chi connectivity index (χ0n) is 13.5. The van der Waals surface area contributed by atoms with Crippen molar-refractivity contribution in [2.75, 3.05) is 6.26 Å². The smallest absolute Gasteiger partial charge is 0.224 e. The molecular formula is C18H21NO3S. The van der Waals surface area contributed by atoms with Gasteiger partial charge in [-0.05, 0) is 37.1 Å². The van der Waals surface area contributed by atoms with E-state index >= 15 is 0 Å². The minimum atomic E-state index is -3.20. The summed E-state index contributed by atoms with van der Waals surface area (Å²) in [6.45, 7) is 3.88. The Balaban J connectivity index is 1.99. The highest BCUT2D eigenvalue weighted by Crippen LogP contribution is 2.16. The van der Waals surface area contributed by atoms with E-state index in [1.54, 1.807) is 24.3 Å². The van der Waals surface area contributed by atoms with Crippen molar-refractivity contribution in [3.05, 3.63) is 65.2 Å². The Kier molecular flexibility index (Phi) is 5.21. The van der Waals surface area contributed by atoms with Crippen LogP contribution >= 0.6 is 0 Å². The molecule has 0 bridgehead atoms. The number of carbonyl (C=O) groups is 1. The van der Waals surface area contributed by atoms with E-state index in [2.05, 4.69) is 5.32 Å². The molecule has 0 aliphatic carbocycles. The van der Waals surface area contributed by atoms with Gasteiger partial charge in [-0.15, -0.1) is 0 Å². The van der Waals surface area contributed by atoms with Crippen LogP contribution in [0.4, 0.5) is 0 Å². The number of aryl methyl sites for hydroxylation is 1. The molecule has 1 N–H and O–H groups in total. The van der Waals surface area contributed by atoms with Crippen molar-refractivity contribution in [1.82, 2.24) is 5.32 Å². The van der Waals surface area contributed by atoms with Crippen molar-refractivity contribution in [3.8, 4) is 0 Å². The molecule has 122 valence electrons. The summed E-state index contributed by atoms with van der Waals surface area (Å²) in [6, 6.07) is 14.3. The Morgan fingerprint density at radius 2 is 1.61 bits per heavy atom. The van der Waals surface area contributed by atoms with E-state index in [0.29, 0.717) is 6.42 Å². The van der Waals surface area contributed by atoms with Gasteiger partial charge in [0, 0.05) is 6.26 Å². The summed E-state index contributed by atoms with van der Waals surface area (Å²) in [5.74, 6) is -0.0615. The minimum Gasteiger partial charge on any atom is -0.349 e. The molecule has 0 radical (unpaired) electrons. The summed E-state index contributed by atoms with van der Waals surface area (Å²) in [7, 11) is -3.20. The van der Waals surface area contributed by atoms with Crippen LogP contribution in [-0.4, -0.2) is 20.6 Å². The van der Waals surface area contributed by atoms with Gasteiger partial charge in [0.2, 0.25) is 5.91 Å². The third kappa shape index (κ3) is 4.93. The predicted molar refractivity (Wildman–Crippen MR) is 91.0 cm³/mol. The van der Waals surface area contributed by atoms with Gasteiger partial charge >= 0.3 is 0 Å². The summed E-state index contributed by atoms with van der Waals surface area (Å²) in [5, 5.41) is 2.93. The third-order valence-electron chi connectivity index (χ3n) is 3.67. The molecule has 0 aliphatic rings. The van der Waals surface area contributed by atoms with Crippen LogP contribution in [0, 0.1) is 6.92 Å². The van der Waals surface area contributed by atoms with Gasteiger partial charge in [0.25, 0.3) is 0 Å². The Bertz CT molecular complexity index is 778. The number of nitrogens with one attached hydrogen (secondary N) is 1. The average molecular weight is 331 g/mol. The summed E-state index contributed by atoms with van der Waals surface area (Å²) in [4.78, 5) is 12.4. The molecule has 0 saturated heterocycles.